The normalized spacial score (nSPS) is 13.3. The number of hydrogen-bond donors (Lipinski definition) is 0. The molecular weight excluding hydrogens is 520 g/mol. The molecule has 3 aromatic carbocycles. The Morgan fingerprint density at radius 3 is 2.19 bits per heavy atom. The van der Waals surface area contributed by atoms with E-state index in [4.69, 9.17) is 6.58 Å². The number of pyridine rings is 2. The lowest BCUT2D eigenvalue weighted by Gasteiger charge is -2.20. The summed E-state index contributed by atoms with van der Waals surface area (Å²) >= 11 is 0. The summed E-state index contributed by atoms with van der Waals surface area (Å²) in [5.41, 5.74) is 14.1. The topological polar surface area (TPSA) is 7.76 Å². The third-order valence-corrected chi connectivity index (χ3v) is 8.70. The van der Waals surface area contributed by atoms with Crippen molar-refractivity contribution in [2.45, 2.75) is 65.8 Å². The summed E-state index contributed by atoms with van der Waals surface area (Å²) in [6, 6.07) is 36.0. The quantitative estimate of drug-likeness (QED) is 0.193. The van der Waals surface area contributed by atoms with E-state index in [0.29, 0.717) is 12.5 Å². The molecule has 0 bridgehead atoms. The molecule has 0 amide bonds. The fourth-order valence-electron chi connectivity index (χ4n) is 6.36. The number of aromatic nitrogens is 2. The second-order valence-electron chi connectivity index (χ2n) is 13.5. The molecule has 1 aliphatic heterocycles. The second-order valence-corrected chi connectivity index (χ2v) is 13.5. The third kappa shape index (κ3) is 6.11. The fraction of sp³-hybridized carbons (Fsp3) is 0.268. The Morgan fingerprint density at radius 2 is 1.44 bits per heavy atom. The number of hydrogen-bond acceptors (Lipinski definition) is 0. The summed E-state index contributed by atoms with van der Waals surface area (Å²) in [5.74, 6) is 0.590. The zero-order chi connectivity index (χ0) is 30.1. The van der Waals surface area contributed by atoms with Crippen LogP contribution >= 0.6 is 0 Å². The predicted octanol–water partition coefficient (Wildman–Crippen LogP) is 9.03. The van der Waals surface area contributed by atoms with E-state index in [2.05, 4.69) is 153 Å². The molecule has 1 aliphatic rings. The maximum atomic E-state index is 4.71. The van der Waals surface area contributed by atoms with Crippen molar-refractivity contribution in [1.29, 1.82) is 0 Å². The van der Waals surface area contributed by atoms with Gasteiger partial charge in [-0.25, -0.2) is 0 Å². The van der Waals surface area contributed by atoms with E-state index in [-0.39, 0.29) is 5.41 Å². The first-order chi connectivity index (χ1) is 20.7. The predicted molar refractivity (Wildman–Crippen MR) is 180 cm³/mol. The molecule has 2 heteroatoms. The first-order valence-corrected chi connectivity index (χ1v) is 15.7. The average molecular weight is 565 g/mol. The van der Waals surface area contributed by atoms with E-state index in [0.717, 1.165) is 25.0 Å². The zero-order valence-electron chi connectivity index (χ0n) is 26.4. The SMILES string of the molecule is C=C1C[n+]2ccc(C(C)(C)C)cc2-c2cc(-c3ccccc3)ccc2CCc2ccccc2-c2ccc(CC(C)C)c[n+]21. The van der Waals surface area contributed by atoms with Gasteiger partial charge in [-0.1, -0.05) is 95.3 Å². The molecular formula is C41H44N2+2. The van der Waals surface area contributed by atoms with Crippen LogP contribution in [0.2, 0.25) is 0 Å². The standard InChI is InChI=1S/C41H44N2/c1-29(2)24-31-16-21-39-37-15-11-10-14-33(37)17-18-34-19-20-35(32-12-8-7-9-13-32)25-38(34)40-26-36(41(4,5)6)22-23-42(40)27-30(3)43(39)28-31/h7-16,19-23,25-26,28-29H,3,17-18,24,27H2,1-2,4-6H3/q+2. The van der Waals surface area contributed by atoms with Crippen LogP contribution in [-0.4, -0.2) is 0 Å². The lowest BCUT2D eigenvalue weighted by molar-refractivity contribution is -0.698. The summed E-state index contributed by atoms with van der Waals surface area (Å²) in [5, 5.41) is 0. The Balaban J connectivity index is 1.59. The van der Waals surface area contributed by atoms with Crippen molar-refractivity contribution in [1.82, 2.24) is 0 Å². The number of allylic oxidation sites excluding steroid dienone is 1. The minimum Gasteiger partial charge on any atom is -0.188 e. The van der Waals surface area contributed by atoms with Crippen molar-refractivity contribution in [3.05, 3.63) is 138 Å². The van der Waals surface area contributed by atoms with Gasteiger partial charge in [0.25, 0.3) is 0 Å². The minimum absolute atomic E-state index is 0.0412. The molecule has 0 unspecified atom stereocenters. The van der Waals surface area contributed by atoms with Crippen molar-refractivity contribution in [3.8, 4) is 33.6 Å². The Bertz CT molecular complexity index is 1790. The summed E-state index contributed by atoms with van der Waals surface area (Å²) in [4.78, 5) is 0. The van der Waals surface area contributed by atoms with Crippen molar-refractivity contribution < 1.29 is 9.13 Å². The number of rotatable bonds is 3. The van der Waals surface area contributed by atoms with Gasteiger partial charge in [0, 0.05) is 34.9 Å². The number of nitrogens with zero attached hydrogens (tertiary/aromatic N) is 2. The van der Waals surface area contributed by atoms with Crippen LogP contribution in [0.5, 0.6) is 0 Å². The van der Waals surface area contributed by atoms with Gasteiger partial charge in [0.2, 0.25) is 23.6 Å². The molecule has 0 aliphatic carbocycles. The maximum Gasteiger partial charge on any atom is 0.246 e. The monoisotopic (exact) mass is 564 g/mol. The van der Waals surface area contributed by atoms with Crippen LogP contribution in [-0.2, 0) is 31.2 Å². The Morgan fingerprint density at radius 1 is 0.721 bits per heavy atom. The highest BCUT2D eigenvalue weighted by molar-refractivity contribution is 5.73. The van der Waals surface area contributed by atoms with Gasteiger partial charge in [0.05, 0.1) is 0 Å². The van der Waals surface area contributed by atoms with E-state index in [9.17, 15) is 0 Å². The van der Waals surface area contributed by atoms with Gasteiger partial charge in [0.1, 0.15) is 0 Å². The molecule has 0 fully saturated rings. The molecule has 0 N–H and O–H groups in total. The molecule has 6 rings (SSSR count). The summed E-state index contributed by atoms with van der Waals surface area (Å²) in [6.45, 7) is 16.9. The van der Waals surface area contributed by atoms with Crippen LogP contribution in [0.15, 0.2) is 116 Å². The van der Waals surface area contributed by atoms with Crippen molar-refractivity contribution in [2.75, 3.05) is 0 Å². The van der Waals surface area contributed by atoms with E-state index in [1.165, 1.54) is 55.9 Å². The van der Waals surface area contributed by atoms with Crippen molar-refractivity contribution in [3.63, 3.8) is 0 Å². The van der Waals surface area contributed by atoms with Crippen LogP contribution in [0, 0.1) is 5.92 Å². The maximum absolute atomic E-state index is 4.71. The minimum atomic E-state index is 0.0412. The molecule has 5 aromatic rings. The molecule has 0 atom stereocenters. The van der Waals surface area contributed by atoms with Crippen LogP contribution < -0.4 is 9.13 Å². The first-order valence-electron chi connectivity index (χ1n) is 15.7. The molecule has 0 saturated carbocycles. The molecule has 0 spiro atoms. The summed E-state index contributed by atoms with van der Waals surface area (Å²) in [6.07, 6.45) is 7.58. The number of aryl methyl sites for hydroxylation is 2. The number of benzene rings is 3. The van der Waals surface area contributed by atoms with Gasteiger partial charge in [-0.15, -0.1) is 0 Å². The summed E-state index contributed by atoms with van der Waals surface area (Å²) in [7, 11) is 0. The highest BCUT2D eigenvalue weighted by atomic mass is 15.1. The van der Waals surface area contributed by atoms with Crippen molar-refractivity contribution in [2.24, 2.45) is 5.92 Å². The highest BCUT2D eigenvalue weighted by Crippen LogP contribution is 2.33. The Kier molecular flexibility index (Phi) is 7.88. The zero-order valence-corrected chi connectivity index (χ0v) is 26.4. The lowest BCUT2D eigenvalue weighted by atomic mass is 9.85. The molecule has 0 saturated heterocycles. The van der Waals surface area contributed by atoms with Crippen molar-refractivity contribution >= 4 is 5.70 Å². The Labute approximate surface area is 258 Å². The van der Waals surface area contributed by atoms with Crippen LogP contribution in [0.1, 0.15) is 56.9 Å². The fourth-order valence-corrected chi connectivity index (χ4v) is 6.36. The molecule has 0 radical (unpaired) electrons. The van der Waals surface area contributed by atoms with Gasteiger partial charge < -0.3 is 0 Å². The number of fused-ring (bicyclic) bond motifs is 6. The third-order valence-electron chi connectivity index (χ3n) is 8.70. The first kappa shape index (κ1) is 28.8. The molecule has 2 nitrogen and oxygen atoms in total. The molecule has 216 valence electrons. The smallest absolute Gasteiger partial charge is 0.188 e. The molecule has 2 aromatic heterocycles. The lowest BCUT2D eigenvalue weighted by Crippen LogP contribution is -2.45. The highest BCUT2D eigenvalue weighted by Gasteiger charge is 2.28. The van der Waals surface area contributed by atoms with Gasteiger partial charge in [-0.05, 0) is 83.2 Å². The van der Waals surface area contributed by atoms with Gasteiger partial charge in [-0.2, -0.15) is 9.13 Å². The van der Waals surface area contributed by atoms with E-state index < -0.39 is 0 Å². The van der Waals surface area contributed by atoms with E-state index in [1.807, 2.05) is 0 Å². The van der Waals surface area contributed by atoms with Crippen LogP contribution in [0.4, 0.5) is 0 Å². The van der Waals surface area contributed by atoms with Gasteiger partial charge in [0.15, 0.2) is 12.4 Å². The van der Waals surface area contributed by atoms with Gasteiger partial charge in [-0.3, -0.25) is 0 Å². The van der Waals surface area contributed by atoms with E-state index in [1.54, 1.807) is 0 Å². The molecule has 43 heavy (non-hydrogen) atoms. The summed E-state index contributed by atoms with van der Waals surface area (Å²) < 4.78 is 4.76. The second kappa shape index (κ2) is 11.8. The van der Waals surface area contributed by atoms with Crippen LogP contribution in [0.25, 0.3) is 39.3 Å². The van der Waals surface area contributed by atoms with Gasteiger partial charge >= 0.3 is 0 Å². The molecule has 3 heterocycles. The largest absolute Gasteiger partial charge is 0.246 e. The Hall–Kier alpha value is -4.30. The van der Waals surface area contributed by atoms with E-state index >= 15 is 0 Å². The average Bonchev–Trinajstić information content (AvgIpc) is 2.99. The van der Waals surface area contributed by atoms with Crippen LogP contribution in [0.3, 0.4) is 0 Å².